The summed E-state index contributed by atoms with van der Waals surface area (Å²) in [6, 6.07) is 0. The fraction of sp³-hybridized carbons (Fsp3) is 0.429. The fourth-order valence-electron chi connectivity index (χ4n) is 0.298. The molecule has 0 fully saturated rings. The Morgan fingerprint density at radius 3 is 2.75 bits per heavy atom. The highest BCUT2D eigenvalue weighted by Gasteiger charge is 1.76. The van der Waals surface area contributed by atoms with Crippen LogP contribution in [-0.2, 0) is 0 Å². The van der Waals surface area contributed by atoms with Gasteiger partial charge in [-0.1, -0.05) is 24.3 Å². The molecule has 0 aliphatic carbocycles. The van der Waals surface area contributed by atoms with E-state index in [1.807, 2.05) is 17.8 Å². The second-order valence-corrected chi connectivity index (χ2v) is 2.52. The molecular weight excluding hydrogens is 116 g/mol. The van der Waals surface area contributed by atoms with Crippen LogP contribution in [0.15, 0.2) is 24.3 Å². The molecule has 0 aromatic rings. The molecule has 0 aliphatic rings. The van der Waals surface area contributed by atoms with Crippen LogP contribution < -0.4 is 0 Å². The van der Waals surface area contributed by atoms with E-state index < -0.39 is 0 Å². The first kappa shape index (κ1) is 7.83. The highest BCUT2D eigenvalue weighted by molar-refractivity contribution is 7.98. The van der Waals surface area contributed by atoms with Crippen molar-refractivity contribution >= 4 is 11.8 Å². The summed E-state index contributed by atoms with van der Waals surface area (Å²) in [6.07, 6.45) is 6.13. The number of allylic oxidation sites excluding steroid dienone is 2. The zero-order chi connectivity index (χ0) is 6.41. The van der Waals surface area contributed by atoms with Gasteiger partial charge in [-0.25, -0.2) is 0 Å². The SMILES string of the molecule is C=C/C(C)=C\CSC. The summed E-state index contributed by atoms with van der Waals surface area (Å²) >= 11 is 1.82. The van der Waals surface area contributed by atoms with Crippen LogP contribution in [0, 0.1) is 0 Å². The maximum Gasteiger partial charge on any atom is 0.0116 e. The summed E-state index contributed by atoms with van der Waals surface area (Å²) in [5.74, 6) is 1.10. The highest BCUT2D eigenvalue weighted by Crippen LogP contribution is 1.97. The lowest BCUT2D eigenvalue weighted by Crippen LogP contribution is -1.70. The maximum absolute atomic E-state index is 3.64. The van der Waals surface area contributed by atoms with E-state index in [2.05, 4.69) is 25.8 Å². The normalized spacial score (nSPS) is 11.5. The average molecular weight is 128 g/mol. The molecule has 0 unspecified atom stereocenters. The minimum absolute atomic E-state index is 1.10. The molecule has 0 aromatic carbocycles. The summed E-state index contributed by atoms with van der Waals surface area (Å²) in [5.41, 5.74) is 1.26. The summed E-state index contributed by atoms with van der Waals surface area (Å²) in [7, 11) is 0. The molecule has 0 spiro atoms. The van der Waals surface area contributed by atoms with Crippen molar-refractivity contribution in [1.29, 1.82) is 0 Å². The van der Waals surface area contributed by atoms with E-state index in [0.29, 0.717) is 0 Å². The molecule has 46 valence electrons. The number of rotatable bonds is 3. The molecule has 0 radical (unpaired) electrons. The molecule has 8 heavy (non-hydrogen) atoms. The molecule has 0 bridgehead atoms. The van der Waals surface area contributed by atoms with Gasteiger partial charge in [-0.2, -0.15) is 11.8 Å². The van der Waals surface area contributed by atoms with Crippen LogP contribution in [0.1, 0.15) is 6.92 Å². The van der Waals surface area contributed by atoms with E-state index >= 15 is 0 Å². The van der Waals surface area contributed by atoms with Gasteiger partial charge in [0.15, 0.2) is 0 Å². The van der Waals surface area contributed by atoms with E-state index in [1.165, 1.54) is 5.57 Å². The van der Waals surface area contributed by atoms with Gasteiger partial charge in [0, 0.05) is 5.75 Å². The van der Waals surface area contributed by atoms with Gasteiger partial charge in [-0.3, -0.25) is 0 Å². The monoisotopic (exact) mass is 128 g/mol. The quantitative estimate of drug-likeness (QED) is 0.526. The van der Waals surface area contributed by atoms with E-state index in [4.69, 9.17) is 0 Å². The van der Waals surface area contributed by atoms with Crippen molar-refractivity contribution in [3.05, 3.63) is 24.3 Å². The van der Waals surface area contributed by atoms with Gasteiger partial charge in [0.25, 0.3) is 0 Å². The number of hydrogen-bond donors (Lipinski definition) is 0. The van der Waals surface area contributed by atoms with Crippen LogP contribution in [-0.4, -0.2) is 12.0 Å². The molecule has 0 aromatic heterocycles. The van der Waals surface area contributed by atoms with Gasteiger partial charge in [0.2, 0.25) is 0 Å². The van der Waals surface area contributed by atoms with Crippen LogP contribution in [0.5, 0.6) is 0 Å². The first-order chi connectivity index (χ1) is 3.81. The van der Waals surface area contributed by atoms with Gasteiger partial charge in [0.05, 0.1) is 0 Å². The standard InChI is InChI=1S/C7H12S/c1-4-7(2)5-6-8-3/h4-5H,1,6H2,2-3H3/b7-5-. The minimum Gasteiger partial charge on any atom is -0.161 e. The van der Waals surface area contributed by atoms with Gasteiger partial charge in [-0.15, -0.1) is 0 Å². The van der Waals surface area contributed by atoms with Gasteiger partial charge >= 0.3 is 0 Å². The zero-order valence-corrected chi connectivity index (χ0v) is 6.29. The maximum atomic E-state index is 3.64. The Labute approximate surface area is 55.7 Å². The predicted octanol–water partition coefficient (Wildman–Crippen LogP) is 2.48. The summed E-state index contributed by atoms with van der Waals surface area (Å²) < 4.78 is 0. The first-order valence-corrected chi connectivity index (χ1v) is 3.98. The first-order valence-electron chi connectivity index (χ1n) is 2.59. The number of hydrogen-bond acceptors (Lipinski definition) is 1. The lowest BCUT2D eigenvalue weighted by molar-refractivity contribution is 1.50. The Kier molecular flexibility index (Phi) is 4.87. The summed E-state index contributed by atoms with van der Waals surface area (Å²) in [6.45, 7) is 5.69. The molecular formula is C7H12S. The summed E-state index contributed by atoms with van der Waals surface area (Å²) in [5, 5.41) is 0. The Balaban J connectivity index is 3.40. The van der Waals surface area contributed by atoms with Crippen LogP contribution in [0.4, 0.5) is 0 Å². The molecule has 0 atom stereocenters. The van der Waals surface area contributed by atoms with E-state index in [1.54, 1.807) is 0 Å². The number of thioether (sulfide) groups is 1. The van der Waals surface area contributed by atoms with Crippen LogP contribution >= 0.6 is 11.8 Å². The minimum atomic E-state index is 1.10. The van der Waals surface area contributed by atoms with Crippen molar-refractivity contribution in [2.45, 2.75) is 6.92 Å². The van der Waals surface area contributed by atoms with Crippen molar-refractivity contribution in [3.63, 3.8) is 0 Å². The molecule has 0 heterocycles. The molecule has 0 saturated heterocycles. The van der Waals surface area contributed by atoms with E-state index in [9.17, 15) is 0 Å². The van der Waals surface area contributed by atoms with E-state index in [-0.39, 0.29) is 0 Å². The van der Waals surface area contributed by atoms with Crippen LogP contribution in [0.25, 0.3) is 0 Å². The third-order valence-corrected chi connectivity index (χ3v) is 1.39. The van der Waals surface area contributed by atoms with E-state index in [0.717, 1.165) is 5.75 Å². The summed E-state index contributed by atoms with van der Waals surface area (Å²) in [4.78, 5) is 0. The lowest BCUT2D eigenvalue weighted by Gasteiger charge is -1.87. The molecule has 0 aliphatic heterocycles. The van der Waals surface area contributed by atoms with Crippen molar-refractivity contribution in [2.75, 3.05) is 12.0 Å². The zero-order valence-electron chi connectivity index (χ0n) is 5.48. The second kappa shape index (κ2) is 4.98. The predicted molar refractivity (Wildman–Crippen MR) is 42.3 cm³/mol. The Bertz CT molecular complexity index is 92.6. The highest BCUT2D eigenvalue weighted by atomic mass is 32.2. The largest absolute Gasteiger partial charge is 0.161 e. The molecule has 0 nitrogen and oxygen atoms in total. The molecule has 0 N–H and O–H groups in total. The smallest absolute Gasteiger partial charge is 0.0116 e. The molecule has 0 amide bonds. The molecule has 1 heteroatoms. The molecule has 0 saturated carbocycles. The van der Waals surface area contributed by atoms with Crippen LogP contribution in [0.2, 0.25) is 0 Å². The van der Waals surface area contributed by atoms with Crippen molar-refractivity contribution in [2.24, 2.45) is 0 Å². The fourth-order valence-corrected chi connectivity index (χ4v) is 0.728. The van der Waals surface area contributed by atoms with Crippen molar-refractivity contribution < 1.29 is 0 Å². The lowest BCUT2D eigenvalue weighted by atomic mass is 10.3. The van der Waals surface area contributed by atoms with Crippen molar-refractivity contribution in [3.8, 4) is 0 Å². The van der Waals surface area contributed by atoms with Gasteiger partial charge in [0.1, 0.15) is 0 Å². The van der Waals surface area contributed by atoms with Gasteiger partial charge < -0.3 is 0 Å². The second-order valence-electron chi connectivity index (χ2n) is 1.61. The topological polar surface area (TPSA) is 0 Å². The Morgan fingerprint density at radius 1 is 1.75 bits per heavy atom. The van der Waals surface area contributed by atoms with Gasteiger partial charge in [-0.05, 0) is 13.2 Å². The average Bonchev–Trinajstić information content (AvgIpc) is 1.83. The van der Waals surface area contributed by atoms with Crippen LogP contribution in [0.3, 0.4) is 0 Å². The third kappa shape index (κ3) is 4.00. The third-order valence-electron chi connectivity index (χ3n) is 0.894. The van der Waals surface area contributed by atoms with Crippen molar-refractivity contribution in [1.82, 2.24) is 0 Å². The molecule has 0 rings (SSSR count). The Morgan fingerprint density at radius 2 is 2.38 bits per heavy atom. The Hall–Kier alpha value is -0.170.